The van der Waals surface area contributed by atoms with E-state index in [1.165, 1.54) is 16.4 Å². The average molecular weight is 499 g/mol. The van der Waals surface area contributed by atoms with Crippen molar-refractivity contribution >= 4 is 32.4 Å². The number of sulfonamides is 1. The predicted molar refractivity (Wildman–Crippen MR) is 135 cm³/mol. The topological polar surface area (TPSA) is 94.2 Å². The smallest absolute Gasteiger partial charge is 0.243 e. The van der Waals surface area contributed by atoms with Crippen molar-refractivity contribution in [3.8, 4) is 11.5 Å². The summed E-state index contributed by atoms with van der Waals surface area (Å²) in [4.78, 5) is 13.3. The van der Waals surface area contributed by atoms with Crippen molar-refractivity contribution in [2.24, 2.45) is 0 Å². The number of ether oxygens (including phenoxy) is 3. The van der Waals surface area contributed by atoms with E-state index in [0.717, 1.165) is 22.1 Å². The summed E-state index contributed by atoms with van der Waals surface area (Å²) in [5.74, 6) is 0.446. The molecule has 1 amide bonds. The van der Waals surface area contributed by atoms with Crippen molar-refractivity contribution in [2.45, 2.75) is 24.7 Å². The number of hydrogen-bond acceptors (Lipinski definition) is 6. The van der Waals surface area contributed by atoms with Gasteiger partial charge < -0.3 is 19.5 Å². The van der Waals surface area contributed by atoms with Crippen LogP contribution in [0.25, 0.3) is 10.8 Å². The number of rotatable bonds is 8. The second-order valence-electron chi connectivity index (χ2n) is 8.29. The van der Waals surface area contributed by atoms with E-state index in [1.54, 1.807) is 13.2 Å². The van der Waals surface area contributed by atoms with Crippen molar-refractivity contribution < 1.29 is 27.4 Å². The Morgan fingerprint density at radius 1 is 1.06 bits per heavy atom. The Morgan fingerprint density at radius 2 is 1.77 bits per heavy atom. The zero-order chi connectivity index (χ0) is 25.0. The fourth-order valence-corrected chi connectivity index (χ4v) is 5.45. The van der Waals surface area contributed by atoms with Crippen molar-refractivity contribution in [3.63, 3.8) is 0 Å². The summed E-state index contributed by atoms with van der Waals surface area (Å²) in [5, 5.41) is 4.89. The van der Waals surface area contributed by atoms with Gasteiger partial charge in [-0.05, 0) is 60.5 Å². The number of methoxy groups -OCH3 is 1. The first-order chi connectivity index (χ1) is 16.8. The summed E-state index contributed by atoms with van der Waals surface area (Å²) in [7, 11) is -2.09. The van der Waals surface area contributed by atoms with E-state index in [0.29, 0.717) is 44.3 Å². The Morgan fingerprint density at radius 3 is 2.49 bits per heavy atom. The van der Waals surface area contributed by atoms with Crippen LogP contribution in [0, 0.1) is 0 Å². The molecule has 1 atom stereocenters. The van der Waals surface area contributed by atoms with Crippen LogP contribution in [0.5, 0.6) is 11.5 Å². The molecule has 0 radical (unpaired) electrons. The van der Waals surface area contributed by atoms with Crippen LogP contribution in [-0.4, -0.2) is 58.7 Å². The Hall–Kier alpha value is -3.14. The highest BCUT2D eigenvalue weighted by Crippen LogP contribution is 2.31. The van der Waals surface area contributed by atoms with Gasteiger partial charge in [-0.2, -0.15) is 4.31 Å². The van der Waals surface area contributed by atoms with Crippen LogP contribution in [-0.2, 0) is 19.6 Å². The van der Waals surface area contributed by atoms with Crippen LogP contribution in [0.3, 0.4) is 0 Å². The zero-order valence-corrected chi connectivity index (χ0v) is 20.9. The minimum Gasteiger partial charge on any atom is -0.497 e. The highest BCUT2D eigenvalue weighted by Gasteiger charge is 2.28. The predicted octanol–water partition coefficient (Wildman–Crippen LogP) is 4.01. The molecule has 0 unspecified atom stereocenters. The molecule has 1 N–H and O–H groups in total. The maximum atomic E-state index is 13.2. The summed E-state index contributed by atoms with van der Waals surface area (Å²) in [6.45, 7) is 5.32. The number of fused-ring (bicyclic) bond motifs is 1. The molecular formula is C26H30N2O6S. The van der Waals surface area contributed by atoms with Gasteiger partial charge in [0.1, 0.15) is 11.5 Å². The third-order valence-electron chi connectivity index (χ3n) is 6.08. The Labute approximate surface area is 205 Å². The average Bonchev–Trinajstić information content (AvgIpc) is 2.89. The zero-order valence-electron chi connectivity index (χ0n) is 20.1. The third kappa shape index (κ3) is 5.42. The lowest BCUT2D eigenvalue weighted by Gasteiger charge is -2.26. The Kier molecular flexibility index (Phi) is 7.59. The maximum absolute atomic E-state index is 13.2. The van der Waals surface area contributed by atoms with Crippen molar-refractivity contribution in [2.75, 3.05) is 45.3 Å². The van der Waals surface area contributed by atoms with E-state index in [1.807, 2.05) is 50.2 Å². The molecule has 3 aromatic carbocycles. The van der Waals surface area contributed by atoms with Gasteiger partial charge in [-0.15, -0.1) is 0 Å². The van der Waals surface area contributed by atoms with Gasteiger partial charge in [0.15, 0.2) is 0 Å². The molecule has 0 spiro atoms. The second-order valence-corrected chi connectivity index (χ2v) is 10.2. The minimum atomic E-state index is -3.72. The normalized spacial score (nSPS) is 15.5. The van der Waals surface area contributed by atoms with E-state index in [-0.39, 0.29) is 10.8 Å². The molecule has 1 saturated heterocycles. The molecule has 186 valence electrons. The standard InChI is InChI=1S/C26H30N2O6S/c1-4-34-25-10-9-23(35(30,31)28-11-13-33-14-12-28)17-24(25)27-26(29)18(2)19-5-6-21-16-22(32-3)8-7-20(21)15-19/h5-10,15-18H,4,11-14H2,1-3H3,(H,27,29)/t18-/m0/s1. The molecule has 3 aromatic rings. The van der Waals surface area contributed by atoms with Gasteiger partial charge in [0.05, 0.1) is 43.4 Å². The lowest BCUT2D eigenvalue weighted by atomic mass is 9.97. The molecule has 1 aliphatic heterocycles. The summed E-state index contributed by atoms with van der Waals surface area (Å²) < 4.78 is 43.9. The number of nitrogens with one attached hydrogen (secondary N) is 1. The first-order valence-corrected chi connectivity index (χ1v) is 13.0. The Bertz CT molecular complexity index is 1320. The molecule has 8 nitrogen and oxygen atoms in total. The van der Waals surface area contributed by atoms with Crippen LogP contribution in [0.1, 0.15) is 25.3 Å². The molecule has 35 heavy (non-hydrogen) atoms. The third-order valence-corrected chi connectivity index (χ3v) is 7.98. The highest BCUT2D eigenvalue weighted by molar-refractivity contribution is 7.89. The van der Waals surface area contributed by atoms with Crippen molar-refractivity contribution in [1.29, 1.82) is 0 Å². The number of carbonyl (C=O) groups is 1. The SMILES string of the molecule is CCOc1ccc(S(=O)(=O)N2CCOCC2)cc1NC(=O)[C@@H](C)c1ccc2cc(OC)ccc2c1. The molecule has 1 fully saturated rings. The van der Waals surface area contributed by atoms with Gasteiger partial charge in [0.2, 0.25) is 15.9 Å². The number of carbonyl (C=O) groups excluding carboxylic acids is 1. The summed E-state index contributed by atoms with van der Waals surface area (Å²) in [6, 6.07) is 16.2. The highest BCUT2D eigenvalue weighted by atomic mass is 32.2. The molecular weight excluding hydrogens is 468 g/mol. The molecule has 0 aliphatic carbocycles. The van der Waals surface area contributed by atoms with E-state index in [2.05, 4.69) is 5.32 Å². The monoisotopic (exact) mass is 498 g/mol. The fraction of sp³-hybridized carbons (Fsp3) is 0.346. The fourth-order valence-electron chi connectivity index (χ4n) is 4.02. The number of amides is 1. The number of benzene rings is 3. The van der Waals surface area contributed by atoms with Crippen LogP contribution < -0.4 is 14.8 Å². The molecule has 9 heteroatoms. The number of anilines is 1. The molecule has 4 rings (SSSR count). The van der Waals surface area contributed by atoms with E-state index in [4.69, 9.17) is 14.2 Å². The number of hydrogen-bond donors (Lipinski definition) is 1. The van der Waals surface area contributed by atoms with Gasteiger partial charge in [0.25, 0.3) is 0 Å². The van der Waals surface area contributed by atoms with Crippen LogP contribution in [0.15, 0.2) is 59.5 Å². The van der Waals surface area contributed by atoms with Crippen LogP contribution in [0.2, 0.25) is 0 Å². The lowest BCUT2D eigenvalue weighted by Crippen LogP contribution is -2.40. The molecule has 0 bridgehead atoms. The first kappa shape index (κ1) is 25.0. The second kappa shape index (κ2) is 10.6. The maximum Gasteiger partial charge on any atom is 0.243 e. The molecule has 1 heterocycles. The van der Waals surface area contributed by atoms with E-state index < -0.39 is 15.9 Å². The van der Waals surface area contributed by atoms with Crippen LogP contribution >= 0.6 is 0 Å². The minimum absolute atomic E-state index is 0.102. The van der Waals surface area contributed by atoms with E-state index >= 15 is 0 Å². The summed E-state index contributed by atoms with van der Waals surface area (Å²) >= 11 is 0. The molecule has 0 saturated carbocycles. The summed E-state index contributed by atoms with van der Waals surface area (Å²) in [5.41, 5.74) is 1.17. The molecule has 1 aliphatic rings. The summed E-state index contributed by atoms with van der Waals surface area (Å²) in [6.07, 6.45) is 0. The largest absolute Gasteiger partial charge is 0.497 e. The van der Waals surface area contributed by atoms with Gasteiger partial charge >= 0.3 is 0 Å². The van der Waals surface area contributed by atoms with Gasteiger partial charge in [-0.25, -0.2) is 8.42 Å². The van der Waals surface area contributed by atoms with Gasteiger partial charge in [-0.1, -0.05) is 24.3 Å². The quantitative estimate of drug-likeness (QED) is 0.504. The van der Waals surface area contributed by atoms with E-state index in [9.17, 15) is 13.2 Å². The number of nitrogens with zero attached hydrogens (tertiary/aromatic N) is 1. The van der Waals surface area contributed by atoms with Gasteiger partial charge in [0, 0.05) is 13.1 Å². The Balaban J connectivity index is 1.59. The van der Waals surface area contributed by atoms with Gasteiger partial charge in [-0.3, -0.25) is 4.79 Å². The first-order valence-electron chi connectivity index (χ1n) is 11.6. The van der Waals surface area contributed by atoms with Crippen LogP contribution in [0.4, 0.5) is 5.69 Å². The van der Waals surface area contributed by atoms with Crippen molar-refractivity contribution in [3.05, 3.63) is 60.2 Å². The number of morpholine rings is 1. The van der Waals surface area contributed by atoms with Crippen molar-refractivity contribution in [1.82, 2.24) is 4.31 Å². The lowest BCUT2D eigenvalue weighted by molar-refractivity contribution is -0.117. The molecule has 0 aromatic heterocycles.